The molecule has 0 aliphatic carbocycles. The van der Waals surface area contributed by atoms with Gasteiger partial charge >= 0.3 is 0 Å². The molecule has 0 aromatic heterocycles. The number of nitrogen functional groups attached to an aromatic ring is 1. The van der Waals surface area contributed by atoms with Gasteiger partial charge in [0.15, 0.2) is 0 Å². The van der Waals surface area contributed by atoms with Gasteiger partial charge in [-0.1, -0.05) is 0 Å². The molecule has 0 radical (unpaired) electrons. The third-order valence-corrected chi connectivity index (χ3v) is 3.56. The lowest BCUT2D eigenvalue weighted by molar-refractivity contribution is 0.491. The van der Waals surface area contributed by atoms with Crippen LogP contribution in [0.1, 0.15) is 26.3 Å². The number of aryl methyl sites for hydroxylation is 1. The average Bonchev–Trinajstić information content (AvgIpc) is 1.96. The van der Waals surface area contributed by atoms with Crippen LogP contribution in [-0.2, 0) is 10.0 Å². The van der Waals surface area contributed by atoms with E-state index in [2.05, 4.69) is 4.72 Å². The Bertz CT molecular complexity index is 467. The lowest BCUT2D eigenvalue weighted by atomic mass is 10.1. The van der Waals surface area contributed by atoms with Crippen LogP contribution < -0.4 is 10.5 Å². The van der Waals surface area contributed by atoms with E-state index in [1.54, 1.807) is 32.9 Å². The maximum Gasteiger partial charge on any atom is 0.241 e. The normalized spacial score (nSPS) is 12.8. The summed E-state index contributed by atoms with van der Waals surface area (Å²) in [6, 6.07) is 4.79. The van der Waals surface area contributed by atoms with Crippen molar-refractivity contribution in [1.29, 1.82) is 0 Å². The summed E-state index contributed by atoms with van der Waals surface area (Å²) in [4.78, 5) is 0.208. The summed E-state index contributed by atoms with van der Waals surface area (Å²) in [7, 11) is -3.49. The molecule has 90 valence electrons. The molecule has 4 nitrogen and oxygen atoms in total. The zero-order chi connectivity index (χ0) is 12.6. The van der Waals surface area contributed by atoms with E-state index in [1.165, 1.54) is 6.07 Å². The summed E-state index contributed by atoms with van der Waals surface area (Å²) < 4.78 is 26.6. The van der Waals surface area contributed by atoms with Crippen LogP contribution in [0.4, 0.5) is 5.69 Å². The molecule has 3 N–H and O–H groups in total. The molecule has 0 spiro atoms. The number of benzene rings is 1. The van der Waals surface area contributed by atoms with Crippen LogP contribution in [0.3, 0.4) is 0 Å². The molecule has 0 saturated carbocycles. The van der Waals surface area contributed by atoms with Gasteiger partial charge in [-0.2, -0.15) is 0 Å². The third-order valence-electron chi connectivity index (χ3n) is 1.82. The Balaban J connectivity index is 3.18. The molecule has 0 aliphatic heterocycles. The number of nitrogens with two attached hydrogens (primary N) is 1. The van der Waals surface area contributed by atoms with E-state index in [-0.39, 0.29) is 4.90 Å². The zero-order valence-corrected chi connectivity index (χ0v) is 10.9. The molecule has 1 rings (SSSR count). The Labute approximate surface area is 96.9 Å². The van der Waals surface area contributed by atoms with E-state index in [9.17, 15) is 8.42 Å². The van der Waals surface area contributed by atoms with Gasteiger partial charge in [-0.25, -0.2) is 13.1 Å². The van der Waals surface area contributed by atoms with E-state index in [0.717, 1.165) is 5.56 Å². The second-order valence-electron chi connectivity index (χ2n) is 4.93. The number of rotatable bonds is 2. The van der Waals surface area contributed by atoms with Gasteiger partial charge in [0, 0.05) is 11.2 Å². The minimum atomic E-state index is -3.49. The van der Waals surface area contributed by atoms with Gasteiger partial charge in [-0.15, -0.1) is 0 Å². The SMILES string of the molecule is Cc1cc(N)cc(S(=O)(=O)NC(C)(C)C)c1. The number of anilines is 1. The second kappa shape index (κ2) is 4.07. The maximum atomic E-state index is 12.0. The molecule has 0 amide bonds. The van der Waals surface area contributed by atoms with Crippen LogP contribution in [-0.4, -0.2) is 14.0 Å². The van der Waals surface area contributed by atoms with Gasteiger partial charge in [-0.3, -0.25) is 0 Å². The topological polar surface area (TPSA) is 72.2 Å². The molecule has 1 aromatic carbocycles. The highest BCUT2D eigenvalue weighted by molar-refractivity contribution is 7.89. The van der Waals surface area contributed by atoms with E-state index in [0.29, 0.717) is 5.69 Å². The van der Waals surface area contributed by atoms with Crippen molar-refractivity contribution in [3.63, 3.8) is 0 Å². The van der Waals surface area contributed by atoms with Gasteiger partial charge in [0.2, 0.25) is 10.0 Å². The van der Waals surface area contributed by atoms with Gasteiger partial charge < -0.3 is 5.73 Å². The first-order valence-corrected chi connectivity index (χ1v) is 6.50. The summed E-state index contributed by atoms with van der Waals surface area (Å²) in [5.74, 6) is 0. The van der Waals surface area contributed by atoms with Crippen LogP contribution in [0.15, 0.2) is 23.1 Å². The van der Waals surface area contributed by atoms with Crippen LogP contribution >= 0.6 is 0 Å². The summed E-state index contributed by atoms with van der Waals surface area (Å²) in [6.45, 7) is 7.20. The molecule has 0 heterocycles. The Kier molecular flexibility index (Phi) is 3.30. The molecule has 0 fully saturated rings. The lowest BCUT2D eigenvalue weighted by Gasteiger charge is -2.20. The predicted octanol–water partition coefficient (Wildman–Crippen LogP) is 1.65. The van der Waals surface area contributed by atoms with Crippen LogP contribution in [0, 0.1) is 6.92 Å². The van der Waals surface area contributed by atoms with Crippen molar-refractivity contribution in [1.82, 2.24) is 4.72 Å². The maximum absolute atomic E-state index is 12.0. The molecule has 0 atom stereocenters. The molecule has 0 bridgehead atoms. The first kappa shape index (κ1) is 13.0. The smallest absolute Gasteiger partial charge is 0.241 e. The number of nitrogens with one attached hydrogen (secondary N) is 1. The Hall–Kier alpha value is -1.07. The Morgan fingerprint density at radius 3 is 2.19 bits per heavy atom. The molecule has 0 unspecified atom stereocenters. The van der Waals surface area contributed by atoms with E-state index in [4.69, 9.17) is 5.73 Å². The molecular weight excluding hydrogens is 224 g/mol. The minimum absolute atomic E-state index is 0.208. The van der Waals surface area contributed by atoms with Crippen molar-refractivity contribution in [2.45, 2.75) is 38.1 Å². The highest BCUT2D eigenvalue weighted by Crippen LogP contribution is 2.17. The van der Waals surface area contributed by atoms with Gasteiger partial charge in [-0.05, 0) is 51.5 Å². The van der Waals surface area contributed by atoms with E-state index < -0.39 is 15.6 Å². The van der Waals surface area contributed by atoms with Crippen molar-refractivity contribution in [3.8, 4) is 0 Å². The van der Waals surface area contributed by atoms with Crippen molar-refractivity contribution in [3.05, 3.63) is 23.8 Å². The molecule has 0 saturated heterocycles. The zero-order valence-electron chi connectivity index (χ0n) is 10.0. The van der Waals surface area contributed by atoms with Crippen molar-refractivity contribution in [2.24, 2.45) is 0 Å². The fourth-order valence-corrected chi connectivity index (χ4v) is 2.95. The summed E-state index contributed by atoms with van der Waals surface area (Å²) in [5, 5.41) is 0. The van der Waals surface area contributed by atoms with Crippen molar-refractivity contribution >= 4 is 15.7 Å². The number of sulfonamides is 1. The van der Waals surface area contributed by atoms with Crippen molar-refractivity contribution in [2.75, 3.05) is 5.73 Å². The van der Waals surface area contributed by atoms with Crippen LogP contribution in [0.25, 0.3) is 0 Å². The second-order valence-corrected chi connectivity index (χ2v) is 6.62. The van der Waals surface area contributed by atoms with Crippen molar-refractivity contribution < 1.29 is 8.42 Å². The fraction of sp³-hybridized carbons (Fsp3) is 0.455. The lowest BCUT2D eigenvalue weighted by Crippen LogP contribution is -2.40. The fourth-order valence-electron chi connectivity index (χ4n) is 1.39. The summed E-state index contributed by atoms with van der Waals surface area (Å²) in [6.07, 6.45) is 0. The van der Waals surface area contributed by atoms with E-state index in [1.807, 2.05) is 6.92 Å². The standard InChI is InChI=1S/C11H18N2O2S/c1-8-5-9(12)7-10(6-8)16(14,15)13-11(2,3)4/h5-7,13H,12H2,1-4H3. The Morgan fingerprint density at radius 2 is 1.75 bits per heavy atom. The van der Waals surface area contributed by atoms with Crippen LogP contribution in [0.5, 0.6) is 0 Å². The minimum Gasteiger partial charge on any atom is -0.399 e. The average molecular weight is 242 g/mol. The van der Waals surface area contributed by atoms with Crippen LogP contribution in [0.2, 0.25) is 0 Å². The number of hydrogen-bond donors (Lipinski definition) is 2. The molecule has 1 aromatic rings. The monoisotopic (exact) mass is 242 g/mol. The predicted molar refractivity (Wildman–Crippen MR) is 65.7 cm³/mol. The highest BCUT2D eigenvalue weighted by Gasteiger charge is 2.22. The highest BCUT2D eigenvalue weighted by atomic mass is 32.2. The number of hydrogen-bond acceptors (Lipinski definition) is 3. The van der Waals surface area contributed by atoms with Gasteiger partial charge in [0.1, 0.15) is 0 Å². The quantitative estimate of drug-likeness (QED) is 0.775. The molecule has 0 aliphatic rings. The molecule has 16 heavy (non-hydrogen) atoms. The summed E-state index contributed by atoms with van der Waals surface area (Å²) >= 11 is 0. The Morgan fingerprint density at radius 1 is 1.19 bits per heavy atom. The van der Waals surface area contributed by atoms with Gasteiger partial charge in [0.25, 0.3) is 0 Å². The first-order valence-electron chi connectivity index (χ1n) is 5.01. The first-order chi connectivity index (χ1) is 7.10. The third kappa shape index (κ3) is 3.50. The van der Waals surface area contributed by atoms with E-state index >= 15 is 0 Å². The molecular formula is C11H18N2O2S. The largest absolute Gasteiger partial charge is 0.399 e. The molecule has 5 heteroatoms. The van der Waals surface area contributed by atoms with Gasteiger partial charge in [0.05, 0.1) is 4.90 Å². The summed E-state index contributed by atoms with van der Waals surface area (Å²) in [5.41, 5.74) is 6.41.